The molecule has 4 aromatic rings. The summed E-state index contributed by atoms with van der Waals surface area (Å²) >= 11 is 0. The van der Waals surface area contributed by atoms with Crippen molar-refractivity contribution in [2.75, 3.05) is 7.11 Å². The molecule has 4 atom stereocenters. The molecule has 0 aliphatic heterocycles. The highest BCUT2D eigenvalue weighted by Crippen LogP contribution is 1.98. The summed E-state index contributed by atoms with van der Waals surface area (Å²) in [5.74, 6) is -3.44. The van der Waals surface area contributed by atoms with Gasteiger partial charge in [0.15, 0.2) is 0 Å². The monoisotopic (exact) mass is 706 g/mol. The van der Waals surface area contributed by atoms with Crippen LogP contribution in [0.15, 0.2) is 50.1 Å². The molecule has 47 heavy (non-hydrogen) atoms. The fourth-order valence-corrected chi connectivity index (χ4v) is 3.01. The van der Waals surface area contributed by atoms with Crippen molar-refractivity contribution < 1.29 is 39.2 Å². The number of methoxy groups -OCH3 is 1. The quantitative estimate of drug-likeness (QED) is 0.0737. The molecule has 4 unspecified atom stereocenters. The fraction of sp³-hybridized carbons (Fsp3) is 0.360. The maximum Gasteiger partial charge on any atom is 0.323 e. The van der Waals surface area contributed by atoms with E-state index in [1.165, 1.54) is 26.1 Å². The Hall–Kier alpha value is -4.86. The Kier molecular flexibility index (Phi) is 23.0. The molecule has 4 rings (SSSR count). The van der Waals surface area contributed by atoms with Gasteiger partial charge in [0, 0.05) is 50.5 Å². The van der Waals surface area contributed by atoms with E-state index < -0.39 is 48.0 Å². The van der Waals surface area contributed by atoms with Gasteiger partial charge in [-0.05, 0) is 0 Å². The van der Waals surface area contributed by atoms with Gasteiger partial charge in [-0.1, -0.05) is 0 Å². The molecule has 0 fully saturated rings. The highest BCUT2D eigenvalue weighted by Gasteiger charge is 2.15. The van der Waals surface area contributed by atoms with Gasteiger partial charge in [-0.2, -0.15) is 0 Å². The number of hydrogen-bond donors (Lipinski definition) is 11. The SMILES string of the molecule is COC(=O)C(N)Cc1c[nH]cn1.Cl.Cl.NC(Cc1c[nH]cn1)C(=O)O.NC(Cc1c[nH]cn1)C(=O)O.NC(Cc1c[nH]cn1)C(=O)O. The number of aliphatic carboxylic acids is 3. The normalized spacial score (nSPS) is 12.2. The lowest BCUT2D eigenvalue weighted by atomic mass is 10.2. The van der Waals surface area contributed by atoms with Crippen LogP contribution in [0.5, 0.6) is 0 Å². The van der Waals surface area contributed by atoms with Crippen LogP contribution in [0, 0.1) is 0 Å². The standard InChI is InChI=1S/C7H11N3O2.3C6H9N3O2.2ClH/c1-12-7(11)6(8)2-5-3-9-4-10-5;3*7-5(6(10)11)1-4-2-8-3-9-4;;/h3-4,6H,2,8H2,1H3,(H,9,10);3*2-3,5H,1,7H2,(H,8,9)(H,10,11);2*1H. The van der Waals surface area contributed by atoms with Crippen molar-refractivity contribution in [2.45, 2.75) is 49.9 Å². The topological polar surface area (TPSA) is 357 Å². The molecule has 20 nitrogen and oxygen atoms in total. The second-order valence-electron chi connectivity index (χ2n) is 9.02. The summed E-state index contributed by atoms with van der Waals surface area (Å²) in [6.45, 7) is 0. The van der Waals surface area contributed by atoms with E-state index in [9.17, 15) is 19.2 Å². The summed E-state index contributed by atoms with van der Waals surface area (Å²) in [6.07, 6.45) is 13.8. The minimum Gasteiger partial charge on any atom is -0.480 e. The van der Waals surface area contributed by atoms with Crippen LogP contribution >= 0.6 is 24.8 Å². The molecule has 262 valence electrons. The molecule has 4 heterocycles. The van der Waals surface area contributed by atoms with Crippen molar-refractivity contribution in [3.63, 3.8) is 0 Å². The van der Waals surface area contributed by atoms with Crippen LogP contribution in [0.25, 0.3) is 0 Å². The van der Waals surface area contributed by atoms with Gasteiger partial charge in [-0.3, -0.25) is 19.2 Å². The summed E-state index contributed by atoms with van der Waals surface area (Å²) < 4.78 is 4.46. The van der Waals surface area contributed by atoms with E-state index in [1.807, 2.05) is 0 Å². The molecule has 0 saturated carbocycles. The van der Waals surface area contributed by atoms with E-state index in [2.05, 4.69) is 44.6 Å². The number of nitrogens with one attached hydrogen (secondary N) is 4. The maximum atomic E-state index is 10.9. The van der Waals surface area contributed by atoms with Gasteiger partial charge in [0.25, 0.3) is 0 Å². The second kappa shape index (κ2) is 24.4. The number of nitrogens with two attached hydrogens (primary N) is 4. The average molecular weight is 708 g/mol. The summed E-state index contributed by atoms with van der Waals surface area (Å²) in [5, 5.41) is 25.3. The first kappa shape index (κ1) is 44.3. The predicted octanol–water partition coefficient (Wildman–Crippen LogP) is -1.61. The zero-order chi connectivity index (χ0) is 33.8. The van der Waals surface area contributed by atoms with E-state index in [4.69, 9.17) is 38.3 Å². The molecule has 4 aromatic heterocycles. The van der Waals surface area contributed by atoms with Crippen LogP contribution in [0.1, 0.15) is 22.8 Å². The lowest BCUT2D eigenvalue weighted by Crippen LogP contribution is -2.33. The number of carboxylic acids is 3. The van der Waals surface area contributed by atoms with Crippen molar-refractivity contribution in [1.82, 2.24) is 39.9 Å². The summed E-state index contributed by atoms with van der Waals surface area (Å²) in [5.41, 5.74) is 24.0. The van der Waals surface area contributed by atoms with E-state index >= 15 is 0 Å². The number of halogens is 2. The first-order chi connectivity index (χ1) is 21.3. The smallest absolute Gasteiger partial charge is 0.323 e. The van der Waals surface area contributed by atoms with Gasteiger partial charge in [-0.15, -0.1) is 24.8 Å². The van der Waals surface area contributed by atoms with E-state index in [0.717, 1.165) is 5.69 Å². The molecule has 22 heteroatoms. The van der Waals surface area contributed by atoms with Crippen molar-refractivity contribution in [3.05, 3.63) is 72.9 Å². The Labute approximate surface area is 280 Å². The number of hydrogen-bond acceptors (Lipinski definition) is 13. The number of ether oxygens (including phenoxy) is 1. The first-order valence-electron chi connectivity index (χ1n) is 13.0. The Morgan fingerprint density at radius 2 is 0.809 bits per heavy atom. The molecule has 0 saturated heterocycles. The number of esters is 1. The molecule has 0 aromatic carbocycles. The number of carbonyl (C=O) groups is 4. The van der Waals surface area contributed by atoms with Gasteiger partial charge in [0.2, 0.25) is 0 Å². The molecule has 0 radical (unpaired) electrons. The largest absolute Gasteiger partial charge is 0.480 e. The molecular formula is C25H40Cl2N12O8. The Morgan fingerprint density at radius 1 is 0.574 bits per heavy atom. The summed E-state index contributed by atoms with van der Waals surface area (Å²) in [4.78, 5) is 68.0. The highest BCUT2D eigenvalue weighted by atomic mass is 35.5. The molecular weight excluding hydrogens is 667 g/mol. The number of rotatable bonds is 12. The lowest BCUT2D eigenvalue weighted by Gasteiger charge is -2.05. The Morgan fingerprint density at radius 3 is 0.979 bits per heavy atom. The molecule has 0 aliphatic rings. The molecule has 0 amide bonds. The Bertz CT molecular complexity index is 1250. The number of aromatic nitrogens is 8. The van der Waals surface area contributed by atoms with Crippen LogP contribution in [-0.2, 0) is 49.6 Å². The third-order valence-corrected chi connectivity index (χ3v) is 5.39. The van der Waals surface area contributed by atoms with Crippen LogP contribution in [0.4, 0.5) is 0 Å². The minimum absolute atomic E-state index is 0. The average Bonchev–Trinajstić information content (AvgIpc) is 3.83. The van der Waals surface area contributed by atoms with Crippen LogP contribution < -0.4 is 22.9 Å². The van der Waals surface area contributed by atoms with Gasteiger partial charge in [0.1, 0.15) is 24.2 Å². The van der Waals surface area contributed by atoms with Crippen LogP contribution in [0.2, 0.25) is 0 Å². The number of imidazole rings is 4. The Balaban J connectivity index is 0. The number of nitrogens with zero attached hydrogens (tertiary/aromatic N) is 4. The second-order valence-corrected chi connectivity index (χ2v) is 9.02. The number of aromatic amines is 4. The third-order valence-electron chi connectivity index (χ3n) is 5.39. The van der Waals surface area contributed by atoms with E-state index in [-0.39, 0.29) is 44.1 Å². The van der Waals surface area contributed by atoms with Gasteiger partial charge in [-0.25, -0.2) is 19.9 Å². The first-order valence-corrected chi connectivity index (χ1v) is 13.0. The van der Waals surface area contributed by atoms with E-state index in [1.54, 1.807) is 31.1 Å². The van der Waals surface area contributed by atoms with Crippen molar-refractivity contribution >= 4 is 48.7 Å². The van der Waals surface area contributed by atoms with E-state index in [0.29, 0.717) is 23.5 Å². The number of H-pyrrole nitrogens is 4. The number of carboxylic acid groups (broad SMARTS) is 3. The van der Waals surface area contributed by atoms with Crippen molar-refractivity contribution in [3.8, 4) is 0 Å². The summed E-state index contributed by atoms with van der Waals surface area (Å²) in [7, 11) is 1.31. The van der Waals surface area contributed by atoms with Crippen LogP contribution in [0.3, 0.4) is 0 Å². The third kappa shape index (κ3) is 19.3. The molecule has 0 spiro atoms. The predicted molar refractivity (Wildman–Crippen MR) is 170 cm³/mol. The van der Waals surface area contributed by atoms with Crippen LogP contribution in [-0.4, -0.2) is 110 Å². The fourth-order valence-electron chi connectivity index (χ4n) is 3.01. The highest BCUT2D eigenvalue weighted by molar-refractivity contribution is 5.85. The van der Waals surface area contributed by atoms with Gasteiger partial charge >= 0.3 is 23.9 Å². The molecule has 0 bridgehead atoms. The van der Waals surface area contributed by atoms with Gasteiger partial charge in [0.05, 0.1) is 55.2 Å². The van der Waals surface area contributed by atoms with Gasteiger partial charge < -0.3 is 62.9 Å². The zero-order valence-corrected chi connectivity index (χ0v) is 26.7. The zero-order valence-electron chi connectivity index (χ0n) is 25.1. The maximum absolute atomic E-state index is 10.9. The molecule has 15 N–H and O–H groups in total. The van der Waals surface area contributed by atoms with Crippen molar-refractivity contribution in [2.24, 2.45) is 22.9 Å². The molecule has 0 aliphatic carbocycles. The minimum atomic E-state index is -1.01. The lowest BCUT2D eigenvalue weighted by molar-refractivity contribution is -0.142. The van der Waals surface area contributed by atoms with Crippen molar-refractivity contribution in [1.29, 1.82) is 0 Å². The number of carbonyl (C=O) groups excluding carboxylic acids is 1. The summed E-state index contributed by atoms with van der Waals surface area (Å²) in [6, 6.07) is -3.21.